The summed E-state index contributed by atoms with van der Waals surface area (Å²) in [6.07, 6.45) is 5.59. The lowest BCUT2D eigenvalue weighted by molar-refractivity contribution is -0.133. The highest BCUT2D eigenvalue weighted by Gasteiger charge is 2.24. The topological polar surface area (TPSA) is 53.0 Å². The van der Waals surface area contributed by atoms with Gasteiger partial charge in [-0.1, -0.05) is 19.8 Å². The highest BCUT2D eigenvalue weighted by Crippen LogP contribution is 2.31. The molecule has 2 aliphatic rings. The van der Waals surface area contributed by atoms with E-state index >= 15 is 0 Å². The number of nitrogens with zero attached hydrogens (tertiary/aromatic N) is 2. The number of hydrogen-bond donors (Lipinski definition) is 1. The molecule has 2 fully saturated rings. The summed E-state index contributed by atoms with van der Waals surface area (Å²) >= 11 is 0. The Kier molecular flexibility index (Phi) is 7.63. The summed E-state index contributed by atoms with van der Waals surface area (Å²) in [6, 6.07) is 0. The van der Waals surface area contributed by atoms with Crippen LogP contribution in [0.2, 0.25) is 0 Å². The average Bonchev–Trinajstić information content (AvgIpc) is 2.52. The lowest BCUT2D eigenvalue weighted by atomic mass is 9.80. The highest BCUT2D eigenvalue weighted by atomic mass is 16.5. The van der Waals surface area contributed by atoms with Crippen LogP contribution in [-0.4, -0.2) is 73.4 Å². The standard InChI is InChI=1S/C17H32N2O3/c1-15-3-2-4-16(13-15)14-17(21)19(7-10-20)6-5-18-8-11-22-12-9-18/h15-16,20H,2-14H2,1H3. The zero-order valence-electron chi connectivity index (χ0n) is 14.0. The van der Waals surface area contributed by atoms with Gasteiger partial charge in [-0.15, -0.1) is 0 Å². The van der Waals surface area contributed by atoms with E-state index in [2.05, 4.69) is 11.8 Å². The molecule has 1 N–H and O–H groups in total. The van der Waals surface area contributed by atoms with Gasteiger partial charge in [0.15, 0.2) is 0 Å². The Morgan fingerprint density at radius 3 is 2.73 bits per heavy atom. The fourth-order valence-corrected chi connectivity index (χ4v) is 3.69. The van der Waals surface area contributed by atoms with Gasteiger partial charge in [0, 0.05) is 39.1 Å². The molecule has 0 radical (unpaired) electrons. The summed E-state index contributed by atoms with van der Waals surface area (Å²) in [7, 11) is 0. The molecule has 0 aromatic carbocycles. The smallest absolute Gasteiger partial charge is 0.222 e. The minimum absolute atomic E-state index is 0.0515. The third-order valence-electron chi connectivity index (χ3n) is 5.02. The Morgan fingerprint density at radius 1 is 1.27 bits per heavy atom. The van der Waals surface area contributed by atoms with E-state index in [0.29, 0.717) is 18.9 Å². The van der Waals surface area contributed by atoms with Gasteiger partial charge >= 0.3 is 0 Å². The van der Waals surface area contributed by atoms with Crippen LogP contribution in [0.3, 0.4) is 0 Å². The van der Waals surface area contributed by atoms with E-state index in [0.717, 1.165) is 45.3 Å². The molecular weight excluding hydrogens is 280 g/mol. The summed E-state index contributed by atoms with van der Waals surface area (Å²) in [4.78, 5) is 16.7. The summed E-state index contributed by atoms with van der Waals surface area (Å²) in [6.45, 7) is 7.88. The van der Waals surface area contributed by atoms with Crippen LogP contribution < -0.4 is 0 Å². The van der Waals surface area contributed by atoms with E-state index in [1.165, 1.54) is 25.7 Å². The SMILES string of the molecule is CC1CCCC(CC(=O)N(CCO)CCN2CCOCC2)C1. The fourth-order valence-electron chi connectivity index (χ4n) is 3.69. The molecule has 2 unspecified atom stereocenters. The quantitative estimate of drug-likeness (QED) is 0.771. The van der Waals surface area contributed by atoms with Crippen LogP contribution in [-0.2, 0) is 9.53 Å². The van der Waals surface area contributed by atoms with E-state index < -0.39 is 0 Å². The Bertz CT molecular complexity index is 332. The maximum atomic E-state index is 12.6. The fraction of sp³-hybridized carbons (Fsp3) is 0.941. The number of aliphatic hydroxyl groups is 1. The molecule has 128 valence electrons. The largest absolute Gasteiger partial charge is 0.395 e. The first kappa shape index (κ1) is 17.7. The van der Waals surface area contributed by atoms with Crippen LogP contribution in [0.1, 0.15) is 39.0 Å². The van der Waals surface area contributed by atoms with Crippen molar-refractivity contribution in [2.45, 2.75) is 39.0 Å². The van der Waals surface area contributed by atoms with E-state index in [1.807, 2.05) is 4.90 Å². The van der Waals surface area contributed by atoms with E-state index in [4.69, 9.17) is 4.74 Å². The molecule has 1 aliphatic carbocycles. The van der Waals surface area contributed by atoms with Crippen molar-refractivity contribution in [1.29, 1.82) is 0 Å². The van der Waals surface area contributed by atoms with Gasteiger partial charge in [0.1, 0.15) is 0 Å². The zero-order valence-corrected chi connectivity index (χ0v) is 14.0. The molecule has 1 saturated heterocycles. The molecule has 1 heterocycles. The number of carbonyl (C=O) groups excluding carboxylic acids is 1. The highest BCUT2D eigenvalue weighted by molar-refractivity contribution is 5.76. The third kappa shape index (κ3) is 5.86. The van der Waals surface area contributed by atoms with Gasteiger partial charge in [-0.25, -0.2) is 0 Å². The molecule has 22 heavy (non-hydrogen) atoms. The molecule has 0 aromatic heterocycles. The van der Waals surface area contributed by atoms with Crippen molar-refractivity contribution in [2.24, 2.45) is 11.8 Å². The van der Waals surface area contributed by atoms with Crippen molar-refractivity contribution < 1.29 is 14.6 Å². The lowest BCUT2D eigenvalue weighted by Crippen LogP contribution is -2.44. The Labute approximate surface area is 134 Å². The summed E-state index contributed by atoms with van der Waals surface area (Å²) in [5.74, 6) is 1.52. The molecular formula is C17H32N2O3. The van der Waals surface area contributed by atoms with Gasteiger partial charge in [0.05, 0.1) is 19.8 Å². The molecule has 1 aliphatic heterocycles. The Morgan fingerprint density at radius 2 is 2.05 bits per heavy atom. The second-order valence-corrected chi connectivity index (χ2v) is 6.90. The van der Waals surface area contributed by atoms with Crippen LogP contribution in [0.25, 0.3) is 0 Å². The number of amides is 1. The van der Waals surface area contributed by atoms with Crippen molar-refractivity contribution in [1.82, 2.24) is 9.80 Å². The second-order valence-electron chi connectivity index (χ2n) is 6.90. The molecule has 2 rings (SSSR count). The minimum Gasteiger partial charge on any atom is -0.395 e. The number of rotatable bonds is 7. The third-order valence-corrected chi connectivity index (χ3v) is 5.02. The molecule has 0 aromatic rings. The first-order valence-electron chi connectivity index (χ1n) is 8.87. The summed E-state index contributed by atoms with van der Waals surface area (Å²) < 4.78 is 5.35. The van der Waals surface area contributed by atoms with Crippen molar-refractivity contribution in [2.75, 3.05) is 52.5 Å². The van der Waals surface area contributed by atoms with Crippen molar-refractivity contribution in [3.63, 3.8) is 0 Å². The van der Waals surface area contributed by atoms with Crippen LogP contribution in [0, 0.1) is 11.8 Å². The van der Waals surface area contributed by atoms with E-state index in [-0.39, 0.29) is 12.5 Å². The van der Waals surface area contributed by atoms with Crippen molar-refractivity contribution >= 4 is 5.91 Å². The average molecular weight is 312 g/mol. The molecule has 0 spiro atoms. The number of hydrogen-bond acceptors (Lipinski definition) is 4. The van der Waals surface area contributed by atoms with Gasteiger partial charge in [0.2, 0.25) is 5.91 Å². The number of aliphatic hydroxyl groups excluding tert-OH is 1. The molecule has 5 heteroatoms. The van der Waals surface area contributed by atoms with Gasteiger partial charge in [0.25, 0.3) is 0 Å². The van der Waals surface area contributed by atoms with Crippen LogP contribution in [0.4, 0.5) is 0 Å². The van der Waals surface area contributed by atoms with Gasteiger partial charge in [-0.2, -0.15) is 0 Å². The number of carbonyl (C=O) groups is 1. The molecule has 1 saturated carbocycles. The van der Waals surface area contributed by atoms with Crippen LogP contribution in [0.5, 0.6) is 0 Å². The van der Waals surface area contributed by atoms with Gasteiger partial charge < -0.3 is 14.7 Å². The number of ether oxygens (including phenoxy) is 1. The Hall–Kier alpha value is -0.650. The molecule has 0 bridgehead atoms. The van der Waals surface area contributed by atoms with E-state index in [9.17, 15) is 9.90 Å². The minimum atomic E-state index is 0.0515. The lowest BCUT2D eigenvalue weighted by Gasteiger charge is -2.31. The number of morpholine rings is 1. The first-order chi connectivity index (χ1) is 10.7. The van der Waals surface area contributed by atoms with Crippen molar-refractivity contribution in [3.8, 4) is 0 Å². The molecule has 5 nitrogen and oxygen atoms in total. The first-order valence-corrected chi connectivity index (χ1v) is 8.87. The molecule has 2 atom stereocenters. The summed E-state index contributed by atoms with van der Waals surface area (Å²) in [5, 5.41) is 9.24. The molecule has 1 amide bonds. The van der Waals surface area contributed by atoms with Crippen molar-refractivity contribution in [3.05, 3.63) is 0 Å². The monoisotopic (exact) mass is 312 g/mol. The van der Waals surface area contributed by atoms with Crippen LogP contribution in [0.15, 0.2) is 0 Å². The predicted octanol–water partition coefficient (Wildman–Crippen LogP) is 1.36. The predicted molar refractivity (Wildman–Crippen MR) is 86.7 cm³/mol. The van der Waals surface area contributed by atoms with Gasteiger partial charge in [-0.3, -0.25) is 9.69 Å². The maximum Gasteiger partial charge on any atom is 0.222 e. The second kappa shape index (κ2) is 9.48. The van der Waals surface area contributed by atoms with Gasteiger partial charge in [-0.05, 0) is 24.7 Å². The maximum absolute atomic E-state index is 12.6. The van der Waals surface area contributed by atoms with Crippen LogP contribution >= 0.6 is 0 Å². The normalized spacial score (nSPS) is 26.8. The zero-order chi connectivity index (χ0) is 15.8. The Balaban J connectivity index is 1.76. The van der Waals surface area contributed by atoms with E-state index in [1.54, 1.807) is 0 Å². The summed E-state index contributed by atoms with van der Waals surface area (Å²) in [5.41, 5.74) is 0.